The van der Waals surface area contributed by atoms with Gasteiger partial charge in [-0.1, -0.05) is 24.3 Å². The molecule has 0 saturated heterocycles. The Morgan fingerprint density at radius 3 is 2.64 bits per heavy atom. The van der Waals surface area contributed by atoms with Crippen molar-refractivity contribution in [2.75, 3.05) is 12.4 Å². The summed E-state index contributed by atoms with van der Waals surface area (Å²) in [6.45, 7) is 3.64. The van der Waals surface area contributed by atoms with Gasteiger partial charge in [0.2, 0.25) is 5.91 Å². The predicted molar refractivity (Wildman–Crippen MR) is 99.3 cm³/mol. The van der Waals surface area contributed by atoms with Crippen molar-refractivity contribution in [3.8, 4) is 5.75 Å². The molecule has 128 valence electrons. The van der Waals surface area contributed by atoms with E-state index < -0.39 is 0 Å². The molecule has 0 unspecified atom stereocenters. The Labute approximate surface area is 145 Å². The quantitative estimate of drug-likeness (QED) is 0.795. The van der Waals surface area contributed by atoms with Crippen LogP contribution in [0.2, 0.25) is 0 Å². The molecule has 1 N–H and O–H groups in total. The average Bonchev–Trinajstić information content (AvgIpc) is 2.59. The number of pyridine rings is 1. The molecule has 0 aliphatic carbocycles. The van der Waals surface area contributed by atoms with Crippen molar-refractivity contribution in [2.24, 2.45) is 0 Å². The normalized spacial score (nSPS) is 10.7. The number of benzene rings is 2. The van der Waals surface area contributed by atoms with Gasteiger partial charge in [-0.25, -0.2) is 0 Å². The van der Waals surface area contributed by atoms with E-state index >= 15 is 0 Å². The molecule has 0 atom stereocenters. The van der Waals surface area contributed by atoms with E-state index in [2.05, 4.69) is 5.32 Å². The van der Waals surface area contributed by atoms with E-state index in [0.717, 1.165) is 16.5 Å². The van der Waals surface area contributed by atoms with Crippen LogP contribution in [0.25, 0.3) is 10.9 Å². The van der Waals surface area contributed by atoms with Crippen LogP contribution in [-0.4, -0.2) is 17.6 Å². The van der Waals surface area contributed by atoms with Crippen molar-refractivity contribution < 1.29 is 9.53 Å². The van der Waals surface area contributed by atoms with E-state index in [4.69, 9.17) is 4.74 Å². The molecule has 1 heterocycles. The summed E-state index contributed by atoms with van der Waals surface area (Å²) in [5.74, 6) is 0.308. The summed E-state index contributed by atoms with van der Waals surface area (Å²) in [5, 5.41) is 3.77. The first-order valence-electron chi connectivity index (χ1n) is 8.03. The van der Waals surface area contributed by atoms with E-state index in [0.29, 0.717) is 17.0 Å². The van der Waals surface area contributed by atoms with Gasteiger partial charge in [0.1, 0.15) is 12.3 Å². The van der Waals surface area contributed by atoms with E-state index in [1.54, 1.807) is 20.1 Å². The number of amides is 1. The fourth-order valence-electron chi connectivity index (χ4n) is 2.88. The molecule has 3 aromatic rings. The first-order chi connectivity index (χ1) is 12.0. The van der Waals surface area contributed by atoms with E-state index in [1.165, 1.54) is 4.57 Å². The number of ether oxygens (including phenoxy) is 1. The molecule has 2 aromatic carbocycles. The minimum Gasteiger partial charge on any atom is -0.495 e. The number of hydrogen-bond donors (Lipinski definition) is 1. The lowest BCUT2D eigenvalue weighted by atomic mass is 10.1. The number of nitrogens with zero attached hydrogens (tertiary/aromatic N) is 1. The zero-order valence-corrected chi connectivity index (χ0v) is 14.5. The van der Waals surface area contributed by atoms with Crippen LogP contribution in [0.5, 0.6) is 5.75 Å². The third-order valence-corrected chi connectivity index (χ3v) is 4.11. The van der Waals surface area contributed by atoms with Crippen LogP contribution < -0.4 is 15.6 Å². The number of aromatic nitrogens is 1. The molecule has 5 nitrogen and oxygen atoms in total. The number of aryl methyl sites for hydroxylation is 2. The lowest BCUT2D eigenvalue weighted by Crippen LogP contribution is -2.29. The Morgan fingerprint density at radius 1 is 1.12 bits per heavy atom. The zero-order chi connectivity index (χ0) is 18.0. The van der Waals surface area contributed by atoms with Gasteiger partial charge in [0, 0.05) is 5.56 Å². The summed E-state index contributed by atoms with van der Waals surface area (Å²) in [5.41, 5.74) is 2.79. The van der Waals surface area contributed by atoms with Crippen molar-refractivity contribution >= 4 is 22.5 Å². The van der Waals surface area contributed by atoms with Gasteiger partial charge in [0.15, 0.2) is 0 Å². The lowest BCUT2D eigenvalue weighted by Gasteiger charge is -2.14. The molecule has 0 aliphatic heterocycles. The SMILES string of the molecule is COc1ccc(C)cc1NC(=O)Cn1c(=O)c(C)cc2ccccc21. The van der Waals surface area contributed by atoms with E-state index in [-0.39, 0.29) is 18.0 Å². The van der Waals surface area contributed by atoms with Crippen LogP contribution in [0.15, 0.2) is 53.3 Å². The summed E-state index contributed by atoms with van der Waals surface area (Å²) in [6, 6.07) is 14.9. The molecule has 0 fully saturated rings. The Bertz CT molecular complexity index is 1010. The average molecular weight is 336 g/mol. The van der Waals surface area contributed by atoms with Crippen molar-refractivity contribution in [1.82, 2.24) is 4.57 Å². The zero-order valence-electron chi connectivity index (χ0n) is 14.5. The Morgan fingerprint density at radius 2 is 1.88 bits per heavy atom. The van der Waals surface area contributed by atoms with E-state index in [1.807, 2.05) is 49.4 Å². The monoisotopic (exact) mass is 336 g/mol. The van der Waals surface area contributed by atoms with Crippen molar-refractivity contribution in [3.05, 3.63) is 70.0 Å². The van der Waals surface area contributed by atoms with Gasteiger partial charge in [0.25, 0.3) is 5.56 Å². The number of methoxy groups -OCH3 is 1. The minimum absolute atomic E-state index is 0.0574. The second-order valence-corrected chi connectivity index (χ2v) is 6.03. The first-order valence-corrected chi connectivity index (χ1v) is 8.03. The maximum Gasteiger partial charge on any atom is 0.254 e. The highest BCUT2D eigenvalue weighted by Crippen LogP contribution is 2.25. The molecule has 3 rings (SSSR count). The predicted octanol–water partition coefficient (Wildman–Crippen LogP) is 3.27. The van der Waals surface area contributed by atoms with Gasteiger partial charge in [-0.2, -0.15) is 0 Å². The number of carbonyl (C=O) groups is 1. The second kappa shape index (κ2) is 6.81. The van der Waals surface area contributed by atoms with Crippen LogP contribution in [-0.2, 0) is 11.3 Å². The molecule has 1 aromatic heterocycles. The maximum atomic E-state index is 12.5. The lowest BCUT2D eigenvalue weighted by molar-refractivity contribution is -0.116. The molecular formula is C20H20N2O3. The highest BCUT2D eigenvalue weighted by molar-refractivity contribution is 5.93. The molecule has 0 spiro atoms. The largest absolute Gasteiger partial charge is 0.495 e. The molecule has 0 aliphatic rings. The number of carbonyl (C=O) groups excluding carboxylic acids is 1. The minimum atomic E-state index is -0.276. The van der Waals surface area contributed by atoms with Crippen LogP contribution >= 0.6 is 0 Å². The summed E-state index contributed by atoms with van der Waals surface area (Å²) < 4.78 is 6.78. The number of nitrogens with one attached hydrogen (secondary N) is 1. The maximum absolute atomic E-state index is 12.5. The first kappa shape index (κ1) is 16.8. The van der Waals surface area contributed by atoms with E-state index in [9.17, 15) is 9.59 Å². The van der Waals surface area contributed by atoms with Crippen LogP contribution in [0, 0.1) is 13.8 Å². The Kier molecular flexibility index (Phi) is 4.57. The fourth-order valence-corrected chi connectivity index (χ4v) is 2.88. The van der Waals surface area contributed by atoms with Crippen molar-refractivity contribution in [2.45, 2.75) is 20.4 Å². The Balaban J connectivity index is 1.94. The van der Waals surface area contributed by atoms with Crippen LogP contribution in [0.3, 0.4) is 0 Å². The number of para-hydroxylation sites is 1. The van der Waals surface area contributed by atoms with Crippen molar-refractivity contribution in [3.63, 3.8) is 0 Å². The highest BCUT2D eigenvalue weighted by atomic mass is 16.5. The molecular weight excluding hydrogens is 316 g/mol. The number of hydrogen-bond acceptors (Lipinski definition) is 3. The Hall–Kier alpha value is -3.08. The van der Waals surface area contributed by atoms with Crippen LogP contribution in [0.1, 0.15) is 11.1 Å². The fraction of sp³-hybridized carbons (Fsp3) is 0.200. The second-order valence-electron chi connectivity index (χ2n) is 6.03. The topological polar surface area (TPSA) is 60.3 Å². The van der Waals surface area contributed by atoms with Gasteiger partial charge in [-0.15, -0.1) is 0 Å². The van der Waals surface area contributed by atoms with Crippen LogP contribution in [0.4, 0.5) is 5.69 Å². The van der Waals surface area contributed by atoms with Crippen molar-refractivity contribution in [1.29, 1.82) is 0 Å². The van der Waals surface area contributed by atoms with Gasteiger partial charge in [-0.05, 0) is 49.1 Å². The van der Waals surface area contributed by atoms with Gasteiger partial charge in [-0.3, -0.25) is 14.2 Å². The molecule has 5 heteroatoms. The smallest absolute Gasteiger partial charge is 0.254 e. The molecule has 0 radical (unpaired) electrons. The summed E-state index contributed by atoms with van der Waals surface area (Å²) in [6.07, 6.45) is 0. The number of rotatable bonds is 4. The van der Waals surface area contributed by atoms with Gasteiger partial charge < -0.3 is 10.1 Å². The molecule has 25 heavy (non-hydrogen) atoms. The standard InChI is InChI=1S/C20H20N2O3/c1-13-8-9-18(25-3)16(10-13)21-19(23)12-22-17-7-5-4-6-15(17)11-14(2)20(22)24/h4-11H,12H2,1-3H3,(H,21,23). The number of anilines is 1. The molecule has 0 bridgehead atoms. The highest BCUT2D eigenvalue weighted by Gasteiger charge is 2.12. The summed E-state index contributed by atoms with van der Waals surface area (Å²) in [4.78, 5) is 25.0. The third kappa shape index (κ3) is 3.40. The molecule has 0 saturated carbocycles. The third-order valence-electron chi connectivity index (χ3n) is 4.11. The summed E-state index contributed by atoms with van der Waals surface area (Å²) in [7, 11) is 1.55. The van der Waals surface area contributed by atoms with Gasteiger partial charge in [0.05, 0.1) is 18.3 Å². The molecule has 1 amide bonds. The summed E-state index contributed by atoms with van der Waals surface area (Å²) >= 11 is 0. The van der Waals surface area contributed by atoms with Gasteiger partial charge >= 0.3 is 0 Å². The number of fused-ring (bicyclic) bond motifs is 1.